The van der Waals surface area contributed by atoms with E-state index in [2.05, 4.69) is 0 Å². The summed E-state index contributed by atoms with van der Waals surface area (Å²) in [5.41, 5.74) is 1.94. The topological polar surface area (TPSA) is 50.4 Å². The van der Waals surface area contributed by atoms with Crippen molar-refractivity contribution in [3.63, 3.8) is 0 Å². The van der Waals surface area contributed by atoms with Crippen LogP contribution in [-0.4, -0.2) is 5.11 Å². The van der Waals surface area contributed by atoms with E-state index in [4.69, 9.17) is 27.6 Å². The second-order valence-electron chi connectivity index (χ2n) is 5.16. The Balaban J connectivity index is 2.47. The summed E-state index contributed by atoms with van der Waals surface area (Å²) in [7, 11) is 0. The van der Waals surface area contributed by atoms with Crippen molar-refractivity contribution in [2.75, 3.05) is 0 Å². The Morgan fingerprint density at radius 3 is 2.36 bits per heavy atom. The maximum Gasteiger partial charge on any atom is 0.235 e. The van der Waals surface area contributed by atoms with Crippen molar-refractivity contribution in [3.05, 3.63) is 61.7 Å². The Bertz CT molecular complexity index is 938. The molecule has 0 saturated heterocycles. The second-order valence-corrected chi connectivity index (χ2v) is 5.98. The van der Waals surface area contributed by atoms with Gasteiger partial charge in [0.2, 0.25) is 11.2 Å². The molecule has 0 bridgehead atoms. The first kappa shape index (κ1) is 14.9. The summed E-state index contributed by atoms with van der Waals surface area (Å²) in [6, 6.07) is 8.51. The number of fused-ring (bicyclic) bond motifs is 1. The van der Waals surface area contributed by atoms with Gasteiger partial charge in [0.1, 0.15) is 5.58 Å². The molecule has 0 aliphatic heterocycles. The van der Waals surface area contributed by atoms with Crippen LogP contribution < -0.4 is 5.43 Å². The molecule has 0 saturated carbocycles. The Hall–Kier alpha value is -1.97. The number of benzene rings is 2. The predicted octanol–water partition coefficient (Wildman–Crippen LogP) is 5.09. The van der Waals surface area contributed by atoms with E-state index in [0.717, 1.165) is 11.1 Å². The minimum Gasteiger partial charge on any atom is -0.502 e. The number of aromatic hydroxyl groups is 1. The van der Waals surface area contributed by atoms with Crippen LogP contribution in [0.3, 0.4) is 0 Å². The molecule has 5 heteroatoms. The van der Waals surface area contributed by atoms with E-state index in [1.807, 2.05) is 19.9 Å². The minimum atomic E-state index is -0.501. The first-order valence-corrected chi connectivity index (χ1v) is 7.37. The highest BCUT2D eigenvalue weighted by atomic mass is 35.5. The molecule has 0 fully saturated rings. The quantitative estimate of drug-likeness (QED) is 0.674. The summed E-state index contributed by atoms with van der Waals surface area (Å²) in [5, 5.41) is 11.2. The summed E-state index contributed by atoms with van der Waals surface area (Å²) in [4.78, 5) is 12.5. The molecule has 1 N–H and O–H groups in total. The van der Waals surface area contributed by atoms with Crippen LogP contribution in [0.4, 0.5) is 0 Å². The monoisotopic (exact) mass is 334 g/mol. The molecule has 0 aliphatic rings. The Kier molecular flexibility index (Phi) is 3.63. The maximum absolute atomic E-state index is 12.5. The normalized spacial score (nSPS) is 11.1. The molecule has 0 aliphatic carbocycles. The fourth-order valence-electron chi connectivity index (χ4n) is 2.52. The molecule has 3 nitrogen and oxygen atoms in total. The molecule has 0 unspecified atom stereocenters. The number of aryl methyl sites for hydroxylation is 2. The molecule has 0 spiro atoms. The molecule has 3 rings (SSSR count). The van der Waals surface area contributed by atoms with Crippen LogP contribution in [0.25, 0.3) is 22.3 Å². The molecule has 0 amide bonds. The average Bonchev–Trinajstić information content (AvgIpc) is 2.45. The van der Waals surface area contributed by atoms with Crippen LogP contribution in [0.5, 0.6) is 5.75 Å². The van der Waals surface area contributed by atoms with Crippen molar-refractivity contribution < 1.29 is 9.52 Å². The third-order valence-electron chi connectivity index (χ3n) is 3.49. The molecule has 1 aromatic heterocycles. The van der Waals surface area contributed by atoms with Gasteiger partial charge in [0.15, 0.2) is 5.76 Å². The van der Waals surface area contributed by atoms with E-state index in [1.54, 1.807) is 24.3 Å². The van der Waals surface area contributed by atoms with Gasteiger partial charge in [-0.05, 0) is 43.2 Å². The van der Waals surface area contributed by atoms with Crippen molar-refractivity contribution in [1.82, 2.24) is 0 Å². The van der Waals surface area contributed by atoms with Crippen LogP contribution in [0.1, 0.15) is 11.1 Å². The van der Waals surface area contributed by atoms with E-state index in [9.17, 15) is 9.90 Å². The summed E-state index contributed by atoms with van der Waals surface area (Å²) in [6.07, 6.45) is 0. The maximum atomic E-state index is 12.5. The zero-order chi connectivity index (χ0) is 16.0. The van der Waals surface area contributed by atoms with Crippen LogP contribution >= 0.6 is 23.2 Å². The smallest absolute Gasteiger partial charge is 0.235 e. The lowest BCUT2D eigenvalue weighted by atomic mass is 10.1. The molecule has 0 atom stereocenters. The van der Waals surface area contributed by atoms with Gasteiger partial charge in [-0.2, -0.15) is 0 Å². The zero-order valence-corrected chi connectivity index (χ0v) is 13.4. The lowest BCUT2D eigenvalue weighted by molar-refractivity contribution is 0.449. The zero-order valence-electron chi connectivity index (χ0n) is 11.9. The van der Waals surface area contributed by atoms with E-state index in [0.29, 0.717) is 26.6 Å². The van der Waals surface area contributed by atoms with Crippen LogP contribution in [0.15, 0.2) is 39.5 Å². The summed E-state index contributed by atoms with van der Waals surface area (Å²) in [5.74, 6) is -0.507. The van der Waals surface area contributed by atoms with Crippen LogP contribution in [0.2, 0.25) is 10.0 Å². The van der Waals surface area contributed by atoms with Crippen molar-refractivity contribution in [2.45, 2.75) is 13.8 Å². The molecular formula is C17H12Cl2O3. The fourth-order valence-corrected chi connectivity index (χ4v) is 3.09. The average molecular weight is 335 g/mol. The van der Waals surface area contributed by atoms with Gasteiger partial charge >= 0.3 is 0 Å². The van der Waals surface area contributed by atoms with Crippen molar-refractivity contribution in [2.24, 2.45) is 0 Å². The first-order chi connectivity index (χ1) is 10.4. The van der Waals surface area contributed by atoms with E-state index in [-0.39, 0.29) is 5.76 Å². The standard InChI is InChI=1S/C17H12Cl2O3/c1-8-6-9(2)16-10(7-8)14(20)15(21)17(22-16)13-11(18)4-3-5-12(13)19/h3-7,21H,1-2H3. The van der Waals surface area contributed by atoms with Crippen molar-refractivity contribution in [3.8, 4) is 17.1 Å². The molecule has 112 valence electrons. The van der Waals surface area contributed by atoms with Gasteiger partial charge in [0, 0.05) is 0 Å². The Labute approximate surface area is 136 Å². The van der Waals surface area contributed by atoms with Gasteiger partial charge in [0.05, 0.1) is 21.0 Å². The fraction of sp³-hybridized carbons (Fsp3) is 0.118. The first-order valence-electron chi connectivity index (χ1n) is 6.61. The Morgan fingerprint density at radius 2 is 1.73 bits per heavy atom. The van der Waals surface area contributed by atoms with Crippen molar-refractivity contribution >= 4 is 34.2 Å². The number of hydrogen-bond acceptors (Lipinski definition) is 3. The third-order valence-corrected chi connectivity index (χ3v) is 4.12. The number of rotatable bonds is 1. The van der Waals surface area contributed by atoms with Gasteiger partial charge in [0.25, 0.3) is 0 Å². The van der Waals surface area contributed by atoms with Gasteiger partial charge in [-0.25, -0.2) is 0 Å². The Morgan fingerprint density at radius 1 is 1.09 bits per heavy atom. The van der Waals surface area contributed by atoms with Gasteiger partial charge in [-0.1, -0.05) is 35.3 Å². The highest BCUT2D eigenvalue weighted by molar-refractivity contribution is 6.39. The second kappa shape index (κ2) is 5.34. The van der Waals surface area contributed by atoms with Crippen LogP contribution in [0, 0.1) is 13.8 Å². The van der Waals surface area contributed by atoms with Gasteiger partial charge in [-0.3, -0.25) is 4.79 Å². The van der Waals surface area contributed by atoms with Gasteiger partial charge in [-0.15, -0.1) is 0 Å². The lowest BCUT2D eigenvalue weighted by Gasteiger charge is -2.11. The largest absolute Gasteiger partial charge is 0.502 e. The van der Waals surface area contributed by atoms with E-state index in [1.165, 1.54) is 0 Å². The lowest BCUT2D eigenvalue weighted by Crippen LogP contribution is -2.04. The van der Waals surface area contributed by atoms with E-state index < -0.39 is 11.2 Å². The molecular weight excluding hydrogens is 323 g/mol. The highest BCUT2D eigenvalue weighted by Crippen LogP contribution is 2.39. The predicted molar refractivity (Wildman–Crippen MR) is 89.1 cm³/mol. The number of hydrogen-bond donors (Lipinski definition) is 1. The van der Waals surface area contributed by atoms with Gasteiger partial charge < -0.3 is 9.52 Å². The summed E-state index contributed by atoms with van der Waals surface area (Å²) < 4.78 is 5.79. The highest BCUT2D eigenvalue weighted by Gasteiger charge is 2.20. The molecule has 1 heterocycles. The summed E-state index contributed by atoms with van der Waals surface area (Å²) >= 11 is 12.3. The summed E-state index contributed by atoms with van der Waals surface area (Å²) in [6.45, 7) is 3.72. The third kappa shape index (κ3) is 2.27. The molecule has 3 aromatic rings. The van der Waals surface area contributed by atoms with E-state index >= 15 is 0 Å². The molecule has 0 radical (unpaired) electrons. The van der Waals surface area contributed by atoms with Crippen LogP contribution in [-0.2, 0) is 0 Å². The minimum absolute atomic E-state index is 0.0138. The SMILES string of the molecule is Cc1cc(C)c2oc(-c3c(Cl)cccc3Cl)c(O)c(=O)c2c1. The molecule has 22 heavy (non-hydrogen) atoms. The van der Waals surface area contributed by atoms with Crippen molar-refractivity contribution in [1.29, 1.82) is 0 Å². The molecule has 2 aromatic carbocycles. The number of halogens is 2.